The van der Waals surface area contributed by atoms with Crippen LogP contribution in [-0.2, 0) is 4.79 Å². The van der Waals surface area contributed by atoms with Crippen LogP contribution in [0.1, 0.15) is 38.0 Å². The standard InChI is InChI=1S/C19H17N3O5/c1-10(23)20-12-5-7-16(27-3)15(9-12)21-17(24)11-4-6-13-14(8-11)19(26)22(2)18(13)25/h4-9H,1-3H3,(H,20,23)(H,21,24). The van der Waals surface area contributed by atoms with Gasteiger partial charge in [-0.25, -0.2) is 0 Å². The SMILES string of the molecule is COc1ccc(NC(C)=O)cc1NC(=O)c1ccc2c(c1)C(=O)N(C)C2=O. The predicted octanol–water partition coefficient (Wildman–Crippen LogP) is 2.13. The minimum atomic E-state index is -0.481. The molecule has 8 heteroatoms. The molecule has 0 saturated carbocycles. The Bertz CT molecular complexity index is 983. The highest BCUT2D eigenvalue weighted by Gasteiger charge is 2.33. The fourth-order valence-corrected chi connectivity index (χ4v) is 2.78. The van der Waals surface area contributed by atoms with Gasteiger partial charge >= 0.3 is 0 Å². The Morgan fingerprint density at radius 2 is 1.67 bits per heavy atom. The summed E-state index contributed by atoms with van der Waals surface area (Å²) in [7, 11) is 2.85. The Labute approximate surface area is 155 Å². The van der Waals surface area contributed by atoms with E-state index in [1.807, 2.05) is 0 Å². The molecule has 0 spiro atoms. The molecule has 27 heavy (non-hydrogen) atoms. The average molecular weight is 367 g/mol. The van der Waals surface area contributed by atoms with Crippen molar-refractivity contribution in [3.8, 4) is 5.75 Å². The summed E-state index contributed by atoms with van der Waals surface area (Å²) in [6, 6.07) is 9.14. The molecule has 0 radical (unpaired) electrons. The minimum absolute atomic E-state index is 0.189. The maximum atomic E-state index is 12.6. The number of hydrogen-bond donors (Lipinski definition) is 2. The first kappa shape index (κ1) is 18.1. The maximum absolute atomic E-state index is 12.6. The highest BCUT2D eigenvalue weighted by molar-refractivity contribution is 6.22. The van der Waals surface area contributed by atoms with Gasteiger partial charge in [0, 0.05) is 25.2 Å². The van der Waals surface area contributed by atoms with E-state index in [0.717, 1.165) is 4.90 Å². The highest BCUT2D eigenvalue weighted by Crippen LogP contribution is 2.29. The van der Waals surface area contributed by atoms with Crippen molar-refractivity contribution in [3.05, 3.63) is 53.1 Å². The summed E-state index contributed by atoms with van der Waals surface area (Å²) < 4.78 is 5.23. The average Bonchev–Trinajstić information content (AvgIpc) is 2.85. The second-order valence-corrected chi connectivity index (χ2v) is 5.98. The number of anilines is 2. The topological polar surface area (TPSA) is 105 Å². The molecule has 2 aromatic rings. The number of fused-ring (bicyclic) bond motifs is 1. The Hall–Kier alpha value is -3.68. The van der Waals surface area contributed by atoms with Crippen LogP contribution in [0, 0.1) is 0 Å². The van der Waals surface area contributed by atoms with Crippen LogP contribution in [0.3, 0.4) is 0 Å². The molecule has 0 atom stereocenters. The molecule has 3 rings (SSSR count). The van der Waals surface area contributed by atoms with Crippen LogP contribution in [0.2, 0.25) is 0 Å². The van der Waals surface area contributed by atoms with Crippen LogP contribution >= 0.6 is 0 Å². The minimum Gasteiger partial charge on any atom is -0.495 e. The molecular weight excluding hydrogens is 350 g/mol. The smallest absolute Gasteiger partial charge is 0.261 e. The number of imide groups is 1. The molecule has 138 valence electrons. The molecule has 2 N–H and O–H groups in total. The molecular formula is C19H17N3O5. The third kappa shape index (κ3) is 3.37. The summed E-state index contributed by atoms with van der Waals surface area (Å²) >= 11 is 0. The van der Waals surface area contributed by atoms with Crippen molar-refractivity contribution in [1.29, 1.82) is 0 Å². The largest absolute Gasteiger partial charge is 0.495 e. The summed E-state index contributed by atoms with van der Waals surface area (Å²) in [6.45, 7) is 1.38. The van der Waals surface area contributed by atoms with Crippen LogP contribution in [0.25, 0.3) is 0 Å². The molecule has 0 saturated heterocycles. The Balaban J connectivity index is 1.89. The molecule has 2 aromatic carbocycles. The summed E-state index contributed by atoms with van der Waals surface area (Å²) in [5, 5.41) is 5.32. The van der Waals surface area contributed by atoms with Gasteiger partial charge in [0.15, 0.2) is 0 Å². The summed E-state index contributed by atoms with van der Waals surface area (Å²) in [6.07, 6.45) is 0. The lowest BCUT2D eigenvalue weighted by Gasteiger charge is -2.12. The molecule has 0 fully saturated rings. The number of ether oxygens (including phenoxy) is 1. The van der Waals surface area contributed by atoms with E-state index in [2.05, 4.69) is 10.6 Å². The van der Waals surface area contributed by atoms with E-state index in [4.69, 9.17) is 4.74 Å². The second-order valence-electron chi connectivity index (χ2n) is 5.98. The van der Waals surface area contributed by atoms with Crippen LogP contribution in [0.15, 0.2) is 36.4 Å². The van der Waals surface area contributed by atoms with Crippen LogP contribution in [0.5, 0.6) is 5.75 Å². The third-order valence-corrected chi connectivity index (χ3v) is 4.12. The van der Waals surface area contributed by atoms with Crippen molar-refractivity contribution >= 4 is 35.0 Å². The number of hydrogen-bond acceptors (Lipinski definition) is 5. The zero-order chi connectivity index (χ0) is 19.7. The fourth-order valence-electron chi connectivity index (χ4n) is 2.78. The molecule has 1 aliphatic heterocycles. The molecule has 0 unspecified atom stereocenters. The lowest BCUT2D eigenvalue weighted by Crippen LogP contribution is -2.24. The molecule has 0 aliphatic carbocycles. The maximum Gasteiger partial charge on any atom is 0.261 e. The van der Waals surface area contributed by atoms with Crippen molar-refractivity contribution in [2.75, 3.05) is 24.8 Å². The van der Waals surface area contributed by atoms with Gasteiger partial charge in [0.1, 0.15) is 5.75 Å². The van der Waals surface area contributed by atoms with Crippen molar-refractivity contribution < 1.29 is 23.9 Å². The zero-order valence-electron chi connectivity index (χ0n) is 15.0. The van der Waals surface area contributed by atoms with E-state index in [1.165, 1.54) is 39.3 Å². The van der Waals surface area contributed by atoms with Gasteiger partial charge < -0.3 is 15.4 Å². The number of rotatable bonds is 4. The van der Waals surface area contributed by atoms with E-state index in [-0.39, 0.29) is 22.6 Å². The molecule has 1 heterocycles. The van der Waals surface area contributed by atoms with Gasteiger partial charge in [0.2, 0.25) is 5.91 Å². The van der Waals surface area contributed by atoms with Gasteiger partial charge in [0.05, 0.1) is 23.9 Å². The zero-order valence-corrected chi connectivity index (χ0v) is 15.0. The molecule has 0 aromatic heterocycles. The third-order valence-electron chi connectivity index (χ3n) is 4.12. The van der Waals surface area contributed by atoms with E-state index >= 15 is 0 Å². The van der Waals surface area contributed by atoms with Gasteiger partial charge in [-0.3, -0.25) is 24.1 Å². The van der Waals surface area contributed by atoms with Gasteiger partial charge in [-0.05, 0) is 36.4 Å². The van der Waals surface area contributed by atoms with Gasteiger partial charge in [-0.15, -0.1) is 0 Å². The number of nitrogens with zero attached hydrogens (tertiary/aromatic N) is 1. The number of nitrogens with one attached hydrogen (secondary N) is 2. The Kier molecular flexibility index (Phi) is 4.64. The number of carbonyl (C=O) groups is 4. The summed E-state index contributed by atoms with van der Waals surface area (Å²) in [5.74, 6) is -1.17. The van der Waals surface area contributed by atoms with Crippen LogP contribution in [-0.4, -0.2) is 42.7 Å². The van der Waals surface area contributed by atoms with Gasteiger partial charge in [0.25, 0.3) is 17.7 Å². The van der Waals surface area contributed by atoms with Crippen molar-refractivity contribution in [2.24, 2.45) is 0 Å². The Morgan fingerprint density at radius 3 is 2.33 bits per heavy atom. The highest BCUT2D eigenvalue weighted by atomic mass is 16.5. The molecule has 1 aliphatic rings. The number of amides is 4. The second kappa shape index (κ2) is 6.91. The van der Waals surface area contributed by atoms with E-state index in [9.17, 15) is 19.2 Å². The summed E-state index contributed by atoms with van der Waals surface area (Å²) in [5.41, 5.74) is 1.53. The first-order valence-corrected chi connectivity index (χ1v) is 8.05. The van der Waals surface area contributed by atoms with Crippen molar-refractivity contribution in [3.63, 3.8) is 0 Å². The lowest BCUT2D eigenvalue weighted by molar-refractivity contribution is -0.114. The quantitative estimate of drug-likeness (QED) is 0.806. The monoisotopic (exact) mass is 367 g/mol. The molecule has 8 nitrogen and oxygen atoms in total. The number of methoxy groups -OCH3 is 1. The van der Waals surface area contributed by atoms with E-state index in [0.29, 0.717) is 17.1 Å². The fraction of sp³-hybridized carbons (Fsp3) is 0.158. The van der Waals surface area contributed by atoms with E-state index in [1.54, 1.807) is 18.2 Å². The lowest BCUT2D eigenvalue weighted by atomic mass is 10.1. The normalized spacial score (nSPS) is 12.6. The number of carbonyl (C=O) groups excluding carboxylic acids is 4. The molecule has 4 amide bonds. The Morgan fingerprint density at radius 1 is 0.963 bits per heavy atom. The van der Waals surface area contributed by atoms with Crippen molar-refractivity contribution in [1.82, 2.24) is 4.90 Å². The summed E-state index contributed by atoms with van der Waals surface area (Å²) in [4.78, 5) is 48.9. The first-order valence-electron chi connectivity index (χ1n) is 8.05. The molecule has 0 bridgehead atoms. The van der Waals surface area contributed by atoms with Crippen LogP contribution < -0.4 is 15.4 Å². The van der Waals surface area contributed by atoms with Gasteiger partial charge in [-0.2, -0.15) is 0 Å². The first-order chi connectivity index (χ1) is 12.8. The van der Waals surface area contributed by atoms with Crippen molar-refractivity contribution in [2.45, 2.75) is 6.92 Å². The van der Waals surface area contributed by atoms with Crippen LogP contribution in [0.4, 0.5) is 11.4 Å². The van der Waals surface area contributed by atoms with E-state index < -0.39 is 17.7 Å². The number of benzene rings is 2. The predicted molar refractivity (Wildman–Crippen MR) is 98.1 cm³/mol. The van der Waals surface area contributed by atoms with Gasteiger partial charge in [-0.1, -0.05) is 0 Å².